The number of nitrogens with one attached hydrogen (secondary N) is 2. The van der Waals surface area contributed by atoms with Gasteiger partial charge >= 0.3 is 0 Å². The molecule has 3 atom stereocenters. The van der Waals surface area contributed by atoms with E-state index in [4.69, 9.17) is 4.74 Å². The summed E-state index contributed by atoms with van der Waals surface area (Å²) < 4.78 is 7.11. The molecular formula is C20H28N4O2. The van der Waals surface area contributed by atoms with Gasteiger partial charge in [0, 0.05) is 36.8 Å². The molecule has 26 heavy (non-hydrogen) atoms. The lowest BCUT2D eigenvalue weighted by molar-refractivity contribution is -0.124. The van der Waals surface area contributed by atoms with E-state index >= 15 is 0 Å². The Morgan fingerprint density at radius 1 is 1.38 bits per heavy atom. The van der Waals surface area contributed by atoms with E-state index < -0.39 is 0 Å². The molecule has 1 unspecified atom stereocenters. The van der Waals surface area contributed by atoms with Crippen LogP contribution in [0, 0.1) is 0 Å². The van der Waals surface area contributed by atoms with Gasteiger partial charge in [-0.25, -0.2) is 0 Å². The number of benzene rings is 1. The first kappa shape index (κ1) is 18.5. The zero-order valence-electron chi connectivity index (χ0n) is 15.7. The Morgan fingerprint density at radius 3 is 2.81 bits per heavy atom. The van der Waals surface area contributed by atoms with Crippen molar-refractivity contribution in [2.75, 3.05) is 7.11 Å². The summed E-state index contributed by atoms with van der Waals surface area (Å²) in [4.78, 5) is 11.9. The summed E-state index contributed by atoms with van der Waals surface area (Å²) in [6, 6.07) is 8.65. The molecule has 1 saturated heterocycles. The molecule has 1 aromatic carbocycles. The summed E-state index contributed by atoms with van der Waals surface area (Å²) in [5, 5.41) is 11.2. The Morgan fingerprint density at radius 2 is 2.15 bits per heavy atom. The van der Waals surface area contributed by atoms with Crippen molar-refractivity contribution in [3.63, 3.8) is 0 Å². The maximum atomic E-state index is 11.9. The second kappa shape index (κ2) is 8.36. The van der Waals surface area contributed by atoms with Crippen LogP contribution in [0.25, 0.3) is 0 Å². The Hall–Kier alpha value is -2.34. The molecule has 6 nitrogen and oxygen atoms in total. The zero-order valence-corrected chi connectivity index (χ0v) is 15.7. The molecule has 0 saturated carbocycles. The fourth-order valence-electron chi connectivity index (χ4n) is 3.55. The number of aryl methyl sites for hydroxylation is 1. The summed E-state index contributed by atoms with van der Waals surface area (Å²) in [6.45, 7) is 5.07. The second-order valence-corrected chi connectivity index (χ2v) is 6.94. The topological polar surface area (TPSA) is 68.2 Å². The van der Waals surface area contributed by atoms with Crippen LogP contribution in [0.4, 0.5) is 0 Å². The summed E-state index contributed by atoms with van der Waals surface area (Å²) in [5.41, 5.74) is 2.33. The first-order chi connectivity index (χ1) is 12.6. The first-order valence-electron chi connectivity index (χ1n) is 9.29. The molecular weight excluding hydrogens is 328 g/mol. The maximum absolute atomic E-state index is 11.9. The third kappa shape index (κ3) is 4.43. The first-order valence-corrected chi connectivity index (χ1v) is 9.29. The number of hydrogen-bond donors (Lipinski definition) is 2. The predicted octanol–water partition coefficient (Wildman–Crippen LogP) is 2.45. The second-order valence-electron chi connectivity index (χ2n) is 6.94. The SMILES string of the molecule is CCn1cc([C@@H]2NC(=O)CC[C@H]2NC(C)Cc2ccc(OC)cc2)cn1. The van der Waals surface area contributed by atoms with Crippen molar-refractivity contribution in [3.8, 4) is 5.75 Å². The summed E-state index contributed by atoms with van der Waals surface area (Å²) in [5.74, 6) is 0.984. The van der Waals surface area contributed by atoms with Gasteiger partial charge in [0.05, 0.1) is 19.3 Å². The molecule has 2 N–H and O–H groups in total. The summed E-state index contributed by atoms with van der Waals surface area (Å²) in [7, 11) is 1.68. The van der Waals surface area contributed by atoms with Gasteiger partial charge in [0.25, 0.3) is 0 Å². The van der Waals surface area contributed by atoms with Gasteiger partial charge in [0.15, 0.2) is 0 Å². The standard InChI is InChI=1S/C20H28N4O2/c1-4-24-13-16(12-21-24)20-18(9-10-19(25)23-20)22-14(2)11-15-5-7-17(26-3)8-6-15/h5-8,12-14,18,20,22H,4,9-11H2,1-3H3,(H,23,25)/t14?,18-,20+/m1/s1. The average molecular weight is 356 g/mol. The smallest absolute Gasteiger partial charge is 0.220 e. The highest BCUT2D eigenvalue weighted by Crippen LogP contribution is 2.25. The van der Waals surface area contributed by atoms with E-state index in [0.717, 1.165) is 30.7 Å². The molecule has 0 spiro atoms. The lowest BCUT2D eigenvalue weighted by atomic mass is 9.92. The molecule has 1 aliphatic rings. The van der Waals surface area contributed by atoms with E-state index in [2.05, 4.69) is 41.7 Å². The number of aromatic nitrogens is 2. The highest BCUT2D eigenvalue weighted by molar-refractivity contribution is 5.77. The van der Waals surface area contributed by atoms with Crippen molar-refractivity contribution >= 4 is 5.91 Å². The van der Waals surface area contributed by atoms with Crippen molar-refractivity contribution in [1.82, 2.24) is 20.4 Å². The van der Waals surface area contributed by atoms with Crippen LogP contribution in [-0.4, -0.2) is 34.9 Å². The number of methoxy groups -OCH3 is 1. The predicted molar refractivity (Wildman–Crippen MR) is 101 cm³/mol. The number of amides is 1. The molecule has 1 amide bonds. The van der Waals surface area contributed by atoms with E-state index in [1.165, 1.54) is 5.56 Å². The zero-order chi connectivity index (χ0) is 18.5. The Bertz CT molecular complexity index is 726. The fraction of sp³-hybridized carbons (Fsp3) is 0.500. The lowest BCUT2D eigenvalue weighted by Gasteiger charge is -2.34. The monoisotopic (exact) mass is 356 g/mol. The molecule has 2 aromatic rings. The van der Waals surface area contributed by atoms with Crippen LogP contribution in [0.1, 0.15) is 43.9 Å². The summed E-state index contributed by atoms with van der Waals surface area (Å²) >= 11 is 0. The Balaban J connectivity index is 1.65. The van der Waals surface area contributed by atoms with Crippen molar-refractivity contribution in [2.24, 2.45) is 0 Å². The van der Waals surface area contributed by atoms with Crippen molar-refractivity contribution in [2.45, 2.75) is 57.8 Å². The highest BCUT2D eigenvalue weighted by atomic mass is 16.5. The van der Waals surface area contributed by atoms with Crippen LogP contribution in [0.5, 0.6) is 5.75 Å². The van der Waals surface area contributed by atoms with E-state index in [1.807, 2.05) is 29.2 Å². The molecule has 0 radical (unpaired) electrons. The van der Waals surface area contributed by atoms with Crippen LogP contribution < -0.4 is 15.4 Å². The Labute approximate surface area is 154 Å². The van der Waals surface area contributed by atoms with Gasteiger partial charge in [-0.15, -0.1) is 0 Å². The third-order valence-electron chi connectivity index (χ3n) is 4.94. The van der Waals surface area contributed by atoms with Crippen molar-refractivity contribution < 1.29 is 9.53 Å². The van der Waals surface area contributed by atoms with Crippen LogP contribution in [0.2, 0.25) is 0 Å². The molecule has 1 fully saturated rings. The third-order valence-corrected chi connectivity index (χ3v) is 4.94. The van der Waals surface area contributed by atoms with Gasteiger partial charge in [0.2, 0.25) is 5.91 Å². The lowest BCUT2D eigenvalue weighted by Crippen LogP contribution is -2.51. The van der Waals surface area contributed by atoms with E-state index in [0.29, 0.717) is 12.5 Å². The van der Waals surface area contributed by atoms with Crippen LogP contribution in [0.15, 0.2) is 36.7 Å². The van der Waals surface area contributed by atoms with Crippen molar-refractivity contribution in [1.29, 1.82) is 0 Å². The molecule has 0 bridgehead atoms. The van der Waals surface area contributed by atoms with Gasteiger partial charge in [-0.2, -0.15) is 5.10 Å². The minimum Gasteiger partial charge on any atom is -0.497 e. The number of carbonyl (C=O) groups is 1. The van der Waals surface area contributed by atoms with Crippen molar-refractivity contribution in [3.05, 3.63) is 47.8 Å². The molecule has 0 aliphatic carbocycles. The molecule has 1 aromatic heterocycles. The largest absolute Gasteiger partial charge is 0.497 e. The van der Waals surface area contributed by atoms with E-state index in [-0.39, 0.29) is 18.0 Å². The molecule has 2 heterocycles. The van der Waals surface area contributed by atoms with Gasteiger partial charge in [-0.05, 0) is 44.4 Å². The minimum atomic E-state index is -0.0325. The van der Waals surface area contributed by atoms with Gasteiger partial charge < -0.3 is 15.4 Å². The fourth-order valence-corrected chi connectivity index (χ4v) is 3.55. The minimum absolute atomic E-state index is 0.0325. The Kier molecular flexibility index (Phi) is 5.93. The normalized spacial score (nSPS) is 21.3. The number of piperidine rings is 1. The van der Waals surface area contributed by atoms with E-state index in [9.17, 15) is 4.79 Å². The van der Waals surface area contributed by atoms with Gasteiger partial charge in [0.1, 0.15) is 5.75 Å². The molecule has 140 valence electrons. The van der Waals surface area contributed by atoms with E-state index in [1.54, 1.807) is 7.11 Å². The maximum Gasteiger partial charge on any atom is 0.220 e. The molecule has 3 rings (SSSR count). The highest BCUT2D eigenvalue weighted by Gasteiger charge is 2.31. The number of carbonyl (C=O) groups excluding carboxylic acids is 1. The van der Waals surface area contributed by atoms with Crippen LogP contribution >= 0.6 is 0 Å². The van der Waals surface area contributed by atoms with Gasteiger partial charge in [-0.1, -0.05) is 12.1 Å². The van der Waals surface area contributed by atoms with Crippen LogP contribution in [0.3, 0.4) is 0 Å². The van der Waals surface area contributed by atoms with Crippen LogP contribution in [-0.2, 0) is 17.8 Å². The number of rotatable bonds is 7. The number of nitrogens with zero attached hydrogens (tertiary/aromatic N) is 2. The average Bonchev–Trinajstić information content (AvgIpc) is 3.13. The molecule has 6 heteroatoms. The number of ether oxygens (including phenoxy) is 1. The molecule has 1 aliphatic heterocycles. The quantitative estimate of drug-likeness (QED) is 0.800. The summed E-state index contributed by atoms with van der Waals surface area (Å²) in [6.07, 6.45) is 6.21. The van der Waals surface area contributed by atoms with Gasteiger partial charge in [-0.3, -0.25) is 9.48 Å². The number of hydrogen-bond acceptors (Lipinski definition) is 4.